The number of amides is 2. The first-order valence-corrected chi connectivity index (χ1v) is 12.4. The fourth-order valence-electron chi connectivity index (χ4n) is 2.15. The van der Waals surface area contributed by atoms with E-state index in [1.54, 1.807) is 12.1 Å². The van der Waals surface area contributed by atoms with E-state index < -0.39 is 20.0 Å². The fraction of sp³-hybridized carbons (Fsp3) is 0.545. The van der Waals surface area contributed by atoms with E-state index in [4.69, 9.17) is 5.73 Å². The molecule has 5 heteroatoms. The first-order chi connectivity index (χ1) is 12.1. The molecule has 2 amide bonds. The quantitative estimate of drug-likeness (QED) is 0.606. The van der Waals surface area contributed by atoms with Gasteiger partial charge in [-0.25, -0.2) is 0 Å². The highest BCUT2D eigenvalue weighted by atomic mass is 28.3. The maximum Gasteiger partial charge on any atom is 0.251 e. The second-order valence-electron chi connectivity index (χ2n) is 9.64. The minimum Gasteiger partial charge on any atom is -0.368 e. The van der Waals surface area contributed by atoms with Crippen LogP contribution in [0, 0.1) is 11.5 Å². The van der Waals surface area contributed by atoms with Crippen molar-refractivity contribution in [2.75, 3.05) is 0 Å². The monoisotopic (exact) mass is 386 g/mol. The Morgan fingerprint density at radius 3 is 2.00 bits per heavy atom. The number of primary amides is 1. The normalized spacial score (nSPS) is 13.3. The lowest BCUT2D eigenvalue weighted by Crippen LogP contribution is -2.44. The standard InChI is InChI=1S/C22H34N2O2Si/c1-21(2,3)17-13-11-16(12-14-17)20(26)24-18(19(23)25)10-9-15-27(7,8)22(4,5)6/h11-14,18H,10H2,1-8H3,(H2,23,25)(H,24,26)/t18-/m1/s1. The van der Waals surface area contributed by atoms with Crippen molar-refractivity contribution in [2.24, 2.45) is 5.73 Å². The van der Waals surface area contributed by atoms with Crippen LogP contribution in [0.15, 0.2) is 24.3 Å². The molecule has 4 nitrogen and oxygen atoms in total. The fourth-order valence-corrected chi connectivity index (χ4v) is 3.07. The van der Waals surface area contributed by atoms with Gasteiger partial charge in [-0.15, -0.1) is 11.5 Å². The summed E-state index contributed by atoms with van der Waals surface area (Å²) in [4.78, 5) is 24.2. The molecule has 0 unspecified atom stereocenters. The lowest BCUT2D eigenvalue weighted by atomic mass is 9.86. The summed E-state index contributed by atoms with van der Waals surface area (Å²) >= 11 is 0. The summed E-state index contributed by atoms with van der Waals surface area (Å²) < 4.78 is 0. The number of nitrogens with two attached hydrogens (primary N) is 1. The van der Waals surface area contributed by atoms with E-state index in [0.29, 0.717) is 5.56 Å². The minimum atomic E-state index is -1.76. The van der Waals surface area contributed by atoms with Crippen LogP contribution in [0.4, 0.5) is 0 Å². The number of carbonyl (C=O) groups is 2. The SMILES string of the molecule is CC(C)(C)c1ccc(C(=O)N[C@H](CC#C[Si](C)(C)C(C)(C)C)C(N)=O)cc1. The van der Waals surface area contributed by atoms with Gasteiger partial charge in [0.15, 0.2) is 0 Å². The van der Waals surface area contributed by atoms with Crippen molar-refractivity contribution in [1.29, 1.82) is 0 Å². The van der Waals surface area contributed by atoms with Crippen molar-refractivity contribution in [1.82, 2.24) is 5.32 Å². The highest BCUT2D eigenvalue weighted by molar-refractivity contribution is 6.87. The highest BCUT2D eigenvalue weighted by Gasteiger charge is 2.33. The van der Waals surface area contributed by atoms with Crippen LogP contribution in [-0.2, 0) is 10.2 Å². The summed E-state index contributed by atoms with van der Waals surface area (Å²) in [5.74, 6) is 2.21. The molecule has 0 aliphatic carbocycles. The predicted molar refractivity (Wildman–Crippen MR) is 115 cm³/mol. The first-order valence-electron chi connectivity index (χ1n) is 9.36. The average molecular weight is 387 g/mol. The Hall–Kier alpha value is -2.06. The number of hydrogen-bond acceptors (Lipinski definition) is 2. The van der Waals surface area contributed by atoms with Gasteiger partial charge in [-0.2, -0.15) is 0 Å². The molecule has 3 N–H and O–H groups in total. The van der Waals surface area contributed by atoms with E-state index in [-0.39, 0.29) is 22.8 Å². The van der Waals surface area contributed by atoms with Crippen LogP contribution in [0.5, 0.6) is 0 Å². The van der Waals surface area contributed by atoms with Crippen molar-refractivity contribution < 1.29 is 9.59 Å². The maximum absolute atomic E-state index is 12.5. The van der Waals surface area contributed by atoms with E-state index >= 15 is 0 Å². The summed E-state index contributed by atoms with van der Waals surface area (Å²) in [7, 11) is -1.76. The number of benzene rings is 1. The predicted octanol–water partition coefficient (Wildman–Crippen LogP) is 4.01. The molecule has 1 atom stereocenters. The molecule has 1 aromatic rings. The van der Waals surface area contributed by atoms with E-state index in [9.17, 15) is 9.59 Å². The third-order valence-corrected chi connectivity index (χ3v) is 9.80. The van der Waals surface area contributed by atoms with Gasteiger partial charge in [0.25, 0.3) is 5.91 Å². The van der Waals surface area contributed by atoms with Gasteiger partial charge in [0, 0.05) is 12.0 Å². The Labute approximate surface area is 165 Å². The van der Waals surface area contributed by atoms with Crippen molar-refractivity contribution in [3.63, 3.8) is 0 Å². The van der Waals surface area contributed by atoms with Gasteiger partial charge in [0.1, 0.15) is 14.1 Å². The number of carbonyl (C=O) groups excluding carboxylic acids is 2. The van der Waals surface area contributed by atoms with Gasteiger partial charge in [0.05, 0.1) is 0 Å². The summed E-state index contributed by atoms with van der Waals surface area (Å²) in [5, 5.41) is 2.85. The number of rotatable bonds is 4. The van der Waals surface area contributed by atoms with Crippen molar-refractivity contribution in [3.05, 3.63) is 35.4 Å². The van der Waals surface area contributed by atoms with E-state index in [1.807, 2.05) is 12.1 Å². The Balaban J connectivity index is 2.87. The zero-order valence-corrected chi connectivity index (χ0v) is 19.0. The molecule has 27 heavy (non-hydrogen) atoms. The molecule has 0 saturated carbocycles. The Kier molecular flexibility index (Phi) is 7.07. The zero-order valence-electron chi connectivity index (χ0n) is 18.0. The molecule has 0 aliphatic rings. The molecule has 0 radical (unpaired) electrons. The van der Waals surface area contributed by atoms with Gasteiger partial charge in [0.2, 0.25) is 5.91 Å². The minimum absolute atomic E-state index is 0.0180. The number of nitrogens with one attached hydrogen (secondary N) is 1. The zero-order chi connectivity index (χ0) is 21.0. The molecule has 0 bridgehead atoms. The van der Waals surface area contributed by atoms with Gasteiger partial charge in [-0.1, -0.05) is 66.8 Å². The molecule has 0 saturated heterocycles. The molecule has 1 aromatic carbocycles. The summed E-state index contributed by atoms with van der Waals surface area (Å²) in [6, 6.07) is 6.62. The van der Waals surface area contributed by atoms with Crippen LogP contribution in [-0.4, -0.2) is 25.9 Å². The summed E-state index contributed by atoms with van der Waals surface area (Å²) in [5.41, 5.74) is 10.5. The third-order valence-electron chi connectivity index (χ3n) is 5.24. The van der Waals surface area contributed by atoms with Gasteiger partial charge in [-0.3, -0.25) is 9.59 Å². The molecule has 1 rings (SSSR count). The van der Waals surface area contributed by atoms with Gasteiger partial charge < -0.3 is 11.1 Å². The van der Waals surface area contributed by atoms with Crippen LogP contribution in [0.1, 0.15) is 63.9 Å². The molecule has 0 fully saturated rings. The Bertz CT molecular complexity index is 742. The topological polar surface area (TPSA) is 72.2 Å². The molecular formula is C22H34N2O2Si. The maximum atomic E-state index is 12.5. The van der Waals surface area contributed by atoms with Crippen LogP contribution < -0.4 is 11.1 Å². The van der Waals surface area contributed by atoms with E-state index in [1.165, 1.54) is 0 Å². The van der Waals surface area contributed by atoms with E-state index in [0.717, 1.165) is 5.56 Å². The first kappa shape index (κ1) is 23.0. The third kappa shape index (κ3) is 6.55. The van der Waals surface area contributed by atoms with Gasteiger partial charge in [-0.05, 0) is 28.1 Å². The Morgan fingerprint density at radius 2 is 1.59 bits per heavy atom. The molecule has 0 heterocycles. The average Bonchev–Trinajstić information content (AvgIpc) is 2.51. The molecule has 0 spiro atoms. The van der Waals surface area contributed by atoms with Crippen LogP contribution in [0.3, 0.4) is 0 Å². The summed E-state index contributed by atoms with van der Waals surface area (Å²) in [6.45, 7) is 17.3. The smallest absolute Gasteiger partial charge is 0.251 e. The summed E-state index contributed by atoms with van der Waals surface area (Å²) in [6.07, 6.45) is 0.230. The Morgan fingerprint density at radius 1 is 1.07 bits per heavy atom. The second-order valence-corrected chi connectivity index (χ2v) is 14.6. The number of hydrogen-bond donors (Lipinski definition) is 2. The lowest BCUT2D eigenvalue weighted by Gasteiger charge is -2.31. The molecule has 148 valence electrons. The molecule has 0 aliphatic heterocycles. The van der Waals surface area contributed by atoms with Crippen LogP contribution >= 0.6 is 0 Å². The van der Waals surface area contributed by atoms with E-state index in [2.05, 4.69) is 71.4 Å². The highest BCUT2D eigenvalue weighted by Crippen LogP contribution is 2.35. The lowest BCUT2D eigenvalue weighted by molar-refractivity contribution is -0.119. The van der Waals surface area contributed by atoms with Crippen molar-refractivity contribution in [2.45, 2.75) is 77.6 Å². The van der Waals surface area contributed by atoms with Crippen LogP contribution in [0.25, 0.3) is 0 Å². The molecular weight excluding hydrogens is 352 g/mol. The second kappa shape index (κ2) is 8.31. The van der Waals surface area contributed by atoms with Crippen molar-refractivity contribution in [3.8, 4) is 11.5 Å². The molecule has 0 aromatic heterocycles. The van der Waals surface area contributed by atoms with Gasteiger partial charge >= 0.3 is 0 Å². The largest absolute Gasteiger partial charge is 0.368 e. The van der Waals surface area contributed by atoms with Crippen LogP contribution in [0.2, 0.25) is 18.1 Å². The van der Waals surface area contributed by atoms with Crippen molar-refractivity contribution >= 4 is 19.9 Å².